The Bertz CT molecular complexity index is 1260. The first-order chi connectivity index (χ1) is 17.4. The minimum absolute atomic E-state index is 0.0120. The Morgan fingerprint density at radius 3 is 2.19 bits per heavy atom. The number of fused-ring (bicyclic) bond motifs is 1. The second-order valence-electron chi connectivity index (χ2n) is 8.09. The van der Waals surface area contributed by atoms with E-state index in [9.17, 15) is 18.4 Å². The third kappa shape index (κ3) is 4.82. The van der Waals surface area contributed by atoms with Crippen LogP contribution in [0.2, 0.25) is 0 Å². The van der Waals surface area contributed by atoms with Gasteiger partial charge in [0, 0.05) is 6.54 Å². The van der Waals surface area contributed by atoms with Crippen LogP contribution in [0.4, 0.5) is 8.78 Å². The SMILES string of the molecule is COC(=O)c1ccc(OC[C@@H]2c3cc(OC)c(OC)cc3CCN2C(=O)c2c(F)cccc2F)cc1. The van der Waals surface area contributed by atoms with Crippen LogP contribution in [-0.4, -0.2) is 51.3 Å². The number of carbonyl (C=O) groups excluding carboxylic acids is 2. The lowest BCUT2D eigenvalue weighted by molar-refractivity contribution is 0.0574. The average Bonchev–Trinajstić information content (AvgIpc) is 2.90. The van der Waals surface area contributed by atoms with Crippen LogP contribution in [0, 0.1) is 11.6 Å². The number of hydrogen-bond donors (Lipinski definition) is 0. The van der Waals surface area contributed by atoms with Gasteiger partial charge >= 0.3 is 5.97 Å². The van der Waals surface area contributed by atoms with E-state index in [1.807, 2.05) is 6.07 Å². The van der Waals surface area contributed by atoms with E-state index in [0.29, 0.717) is 29.2 Å². The molecular formula is C27H25F2NO6. The summed E-state index contributed by atoms with van der Waals surface area (Å²) in [5.74, 6) is -1.69. The van der Waals surface area contributed by atoms with Crippen LogP contribution in [0.5, 0.6) is 17.2 Å². The predicted octanol–water partition coefficient (Wildman–Crippen LogP) is 4.59. The maximum absolute atomic E-state index is 14.5. The van der Waals surface area contributed by atoms with E-state index in [-0.39, 0.29) is 13.2 Å². The summed E-state index contributed by atoms with van der Waals surface area (Å²) in [6.07, 6.45) is 0.446. The molecule has 1 aliphatic heterocycles. The number of methoxy groups -OCH3 is 3. The van der Waals surface area contributed by atoms with Crippen LogP contribution in [0.1, 0.15) is 37.9 Å². The number of benzene rings is 3. The molecule has 3 aromatic carbocycles. The molecule has 0 fully saturated rings. The number of ether oxygens (including phenoxy) is 4. The lowest BCUT2D eigenvalue weighted by atomic mass is 9.91. The monoisotopic (exact) mass is 497 g/mol. The van der Waals surface area contributed by atoms with Crippen LogP contribution < -0.4 is 14.2 Å². The summed E-state index contributed by atoms with van der Waals surface area (Å²) >= 11 is 0. The standard InChI is InChI=1S/C27H25F2NO6/c1-33-23-13-17-11-12-30(26(31)25-20(28)5-4-6-21(25)29)22(19(17)14-24(23)34-2)15-36-18-9-7-16(8-10-18)27(32)35-3/h4-10,13-14,22H,11-12,15H2,1-3H3/t22-/m1/s1. The first-order valence-electron chi connectivity index (χ1n) is 11.2. The van der Waals surface area contributed by atoms with Gasteiger partial charge in [-0.3, -0.25) is 4.79 Å². The number of esters is 1. The van der Waals surface area contributed by atoms with Gasteiger partial charge in [-0.2, -0.15) is 0 Å². The van der Waals surface area contributed by atoms with E-state index in [2.05, 4.69) is 0 Å². The van der Waals surface area contributed by atoms with Crippen LogP contribution in [0.15, 0.2) is 54.6 Å². The van der Waals surface area contributed by atoms with E-state index >= 15 is 0 Å². The molecule has 0 aliphatic carbocycles. The van der Waals surface area contributed by atoms with E-state index in [0.717, 1.165) is 23.3 Å². The molecule has 1 aliphatic rings. The summed E-state index contributed by atoms with van der Waals surface area (Å²) < 4.78 is 50.5. The molecule has 0 spiro atoms. The number of halogens is 2. The molecule has 0 radical (unpaired) electrons. The Morgan fingerprint density at radius 2 is 1.58 bits per heavy atom. The van der Waals surface area contributed by atoms with Crippen molar-refractivity contribution in [3.63, 3.8) is 0 Å². The summed E-state index contributed by atoms with van der Waals surface area (Å²) in [6, 6.07) is 12.5. The molecule has 1 heterocycles. The molecule has 0 aromatic heterocycles. The molecule has 0 saturated heterocycles. The Labute approximate surface area is 207 Å². The number of amides is 1. The fourth-order valence-corrected chi connectivity index (χ4v) is 4.28. The van der Waals surface area contributed by atoms with Crippen molar-refractivity contribution >= 4 is 11.9 Å². The summed E-state index contributed by atoms with van der Waals surface area (Å²) in [7, 11) is 4.32. The summed E-state index contributed by atoms with van der Waals surface area (Å²) in [5.41, 5.74) is 1.36. The number of rotatable bonds is 7. The van der Waals surface area contributed by atoms with Gasteiger partial charge in [-0.1, -0.05) is 6.07 Å². The van der Waals surface area contributed by atoms with Crippen molar-refractivity contribution in [2.45, 2.75) is 12.5 Å². The molecule has 1 atom stereocenters. The van der Waals surface area contributed by atoms with Crippen molar-refractivity contribution in [3.05, 3.63) is 88.5 Å². The first-order valence-corrected chi connectivity index (χ1v) is 11.2. The highest BCUT2D eigenvalue weighted by Crippen LogP contribution is 2.39. The van der Waals surface area contributed by atoms with Crippen molar-refractivity contribution in [1.82, 2.24) is 4.90 Å². The van der Waals surface area contributed by atoms with Crippen LogP contribution in [0.3, 0.4) is 0 Å². The van der Waals surface area contributed by atoms with Crippen molar-refractivity contribution in [1.29, 1.82) is 0 Å². The van der Waals surface area contributed by atoms with E-state index in [4.69, 9.17) is 18.9 Å². The van der Waals surface area contributed by atoms with Gasteiger partial charge in [0.1, 0.15) is 29.6 Å². The molecule has 0 saturated carbocycles. The van der Waals surface area contributed by atoms with Crippen LogP contribution in [-0.2, 0) is 11.2 Å². The highest BCUT2D eigenvalue weighted by atomic mass is 19.1. The second kappa shape index (κ2) is 10.6. The molecule has 0 unspecified atom stereocenters. The normalized spacial score (nSPS) is 14.6. The largest absolute Gasteiger partial charge is 0.493 e. The molecular weight excluding hydrogens is 472 g/mol. The minimum atomic E-state index is -0.934. The molecule has 3 aromatic rings. The molecule has 0 bridgehead atoms. The van der Waals surface area contributed by atoms with Gasteiger partial charge in [0.15, 0.2) is 11.5 Å². The van der Waals surface area contributed by atoms with Crippen molar-refractivity contribution in [2.24, 2.45) is 0 Å². The molecule has 0 N–H and O–H groups in total. The molecule has 36 heavy (non-hydrogen) atoms. The Kier molecular flexibility index (Phi) is 7.38. The fourth-order valence-electron chi connectivity index (χ4n) is 4.28. The fraction of sp³-hybridized carbons (Fsp3) is 0.259. The van der Waals surface area contributed by atoms with Crippen LogP contribution in [0.25, 0.3) is 0 Å². The van der Waals surface area contributed by atoms with Gasteiger partial charge in [-0.05, 0) is 66.1 Å². The molecule has 188 valence electrons. The summed E-state index contributed by atoms with van der Waals surface area (Å²) in [5, 5.41) is 0. The summed E-state index contributed by atoms with van der Waals surface area (Å²) in [6.45, 7) is 0.201. The number of carbonyl (C=O) groups is 2. The smallest absolute Gasteiger partial charge is 0.337 e. The second-order valence-corrected chi connectivity index (χ2v) is 8.09. The molecule has 9 heteroatoms. The maximum atomic E-state index is 14.5. The minimum Gasteiger partial charge on any atom is -0.493 e. The first kappa shape index (κ1) is 25.0. The van der Waals surface area contributed by atoms with E-state index < -0.39 is 35.1 Å². The molecule has 1 amide bonds. The quantitative estimate of drug-likeness (QED) is 0.445. The van der Waals surface area contributed by atoms with Gasteiger partial charge in [0.25, 0.3) is 5.91 Å². The van der Waals surface area contributed by atoms with E-state index in [1.165, 1.54) is 32.3 Å². The third-order valence-electron chi connectivity index (χ3n) is 6.12. The number of nitrogens with zero attached hydrogens (tertiary/aromatic N) is 1. The third-order valence-corrected chi connectivity index (χ3v) is 6.12. The van der Waals surface area contributed by atoms with Gasteiger partial charge in [0.2, 0.25) is 0 Å². The lowest BCUT2D eigenvalue weighted by Gasteiger charge is -2.37. The van der Waals surface area contributed by atoms with Crippen molar-refractivity contribution in [2.75, 3.05) is 34.5 Å². The van der Waals surface area contributed by atoms with Gasteiger partial charge in [-0.25, -0.2) is 13.6 Å². The van der Waals surface area contributed by atoms with Gasteiger partial charge in [0.05, 0.1) is 32.9 Å². The van der Waals surface area contributed by atoms with Gasteiger partial charge in [-0.15, -0.1) is 0 Å². The Hall–Kier alpha value is -4.14. The topological polar surface area (TPSA) is 74.3 Å². The van der Waals surface area contributed by atoms with Crippen LogP contribution >= 0.6 is 0 Å². The van der Waals surface area contributed by atoms with E-state index in [1.54, 1.807) is 30.3 Å². The molecule has 7 nitrogen and oxygen atoms in total. The zero-order chi connectivity index (χ0) is 25.8. The van der Waals surface area contributed by atoms with Crippen molar-refractivity contribution in [3.8, 4) is 17.2 Å². The lowest BCUT2D eigenvalue weighted by Crippen LogP contribution is -2.43. The Morgan fingerprint density at radius 1 is 0.944 bits per heavy atom. The highest BCUT2D eigenvalue weighted by Gasteiger charge is 2.35. The average molecular weight is 497 g/mol. The highest BCUT2D eigenvalue weighted by molar-refractivity contribution is 5.95. The van der Waals surface area contributed by atoms with Crippen molar-refractivity contribution < 1.29 is 37.3 Å². The predicted molar refractivity (Wildman–Crippen MR) is 127 cm³/mol. The number of hydrogen-bond acceptors (Lipinski definition) is 6. The van der Waals surface area contributed by atoms with Gasteiger partial charge < -0.3 is 23.8 Å². The summed E-state index contributed by atoms with van der Waals surface area (Å²) in [4.78, 5) is 26.5. The Balaban J connectivity index is 1.70. The zero-order valence-electron chi connectivity index (χ0n) is 20.0. The zero-order valence-corrected chi connectivity index (χ0v) is 20.0. The molecule has 4 rings (SSSR count). The maximum Gasteiger partial charge on any atom is 0.337 e.